The average Bonchev–Trinajstić information content (AvgIpc) is 1.97. The fourth-order valence-corrected chi connectivity index (χ4v) is 4.16. The molecule has 0 radical (unpaired) electrons. The molecule has 0 aromatic carbocycles. The Hall–Kier alpha value is -0.180. The molecule has 8 heteroatoms. The molecule has 0 aliphatic carbocycles. The van der Waals surface area contributed by atoms with Crippen molar-refractivity contribution in [1.29, 1.82) is 0 Å². The Morgan fingerprint density at radius 1 is 0.875 bits per heavy atom. The normalized spacial score (nSPS) is 18.5. The number of hydrogen-bond donors (Lipinski definition) is 2. The predicted molar refractivity (Wildman–Crippen MR) is 60.4 cm³/mol. The summed E-state index contributed by atoms with van der Waals surface area (Å²) in [5.74, 6) is -0.695. The lowest BCUT2D eigenvalue weighted by molar-refractivity contribution is 0.301. The summed E-state index contributed by atoms with van der Waals surface area (Å²) in [6.45, 7) is 6.15. The van der Waals surface area contributed by atoms with Gasteiger partial charge in [0.25, 0.3) is 20.2 Å². The van der Waals surface area contributed by atoms with Crippen LogP contribution in [0.3, 0.4) is 0 Å². The van der Waals surface area contributed by atoms with Crippen molar-refractivity contribution < 1.29 is 25.9 Å². The molecule has 0 spiro atoms. The van der Waals surface area contributed by atoms with Crippen molar-refractivity contribution in [3.05, 3.63) is 0 Å². The van der Waals surface area contributed by atoms with Crippen LogP contribution >= 0.6 is 0 Å². The molecule has 98 valence electrons. The number of hydrogen-bond acceptors (Lipinski definition) is 4. The molecule has 0 bridgehead atoms. The molecular weight excluding hydrogens is 256 g/mol. The Morgan fingerprint density at radius 2 is 1.19 bits per heavy atom. The zero-order chi connectivity index (χ0) is 13.6. The van der Waals surface area contributed by atoms with Crippen molar-refractivity contribution in [3.8, 4) is 0 Å². The predicted octanol–water partition coefficient (Wildman–Crippen LogP) is 0.955. The molecule has 6 nitrogen and oxygen atoms in total. The molecule has 0 saturated heterocycles. The van der Waals surface area contributed by atoms with Gasteiger partial charge in [-0.25, -0.2) is 0 Å². The minimum atomic E-state index is -4.64. The highest BCUT2D eigenvalue weighted by Gasteiger charge is 2.59. The van der Waals surface area contributed by atoms with E-state index >= 15 is 0 Å². The molecule has 2 N–H and O–H groups in total. The van der Waals surface area contributed by atoms with E-state index in [-0.39, 0.29) is 0 Å². The topological polar surface area (TPSA) is 109 Å². The smallest absolute Gasteiger partial charge is 0.272 e. The number of rotatable bonds is 4. The summed E-state index contributed by atoms with van der Waals surface area (Å²) >= 11 is 0. The molecule has 0 aromatic rings. The maximum absolute atomic E-state index is 11.4. The van der Waals surface area contributed by atoms with Crippen molar-refractivity contribution in [2.45, 2.75) is 44.1 Å². The van der Waals surface area contributed by atoms with E-state index in [0.29, 0.717) is 0 Å². The van der Waals surface area contributed by atoms with Crippen molar-refractivity contribution in [2.75, 3.05) is 0 Å². The largest absolute Gasteiger partial charge is 0.285 e. The second-order valence-corrected chi connectivity index (χ2v) is 8.49. The van der Waals surface area contributed by atoms with Crippen LogP contribution in [0.2, 0.25) is 0 Å². The minimum Gasteiger partial charge on any atom is -0.285 e. The van der Waals surface area contributed by atoms with Gasteiger partial charge in [-0.05, 0) is 26.7 Å². The van der Waals surface area contributed by atoms with E-state index in [1.54, 1.807) is 0 Å². The van der Waals surface area contributed by atoms with Crippen molar-refractivity contribution in [2.24, 2.45) is 5.92 Å². The van der Waals surface area contributed by atoms with Gasteiger partial charge in [0.05, 0.1) is 0 Å². The SMILES string of the molecule is CC(C)C(C)(C(C)(C)S(=O)(=O)O)S(=O)(=O)O. The van der Waals surface area contributed by atoms with Crippen LogP contribution in [0.4, 0.5) is 0 Å². The molecule has 0 heterocycles. The Morgan fingerprint density at radius 3 is 1.25 bits per heavy atom. The van der Waals surface area contributed by atoms with Gasteiger partial charge in [0.1, 0.15) is 9.49 Å². The van der Waals surface area contributed by atoms with Gasteiger partial charge >= 0.3 is 0 Å². The van der Waals surface area contributed by atoms with Crippen molar-refractivity contribution in [3.63, 3.8) is 0 Å². The highest BCUT2D eigenvalue weighted by molar-refractivity contribution is 7.91. The van der Waals surface area contributed by atoms with Crippen LogP contribution in [0.15, 0.2) is 0 Å². The van der Waals surface area contributed by atoms with E-state index in [1.807, 2.05) is 0 Å². The van der Waals surface area contributed by atoms with Gasteiger partial charge in [0.15, 0.2) is 0 Å². The lowest BCUT2D eigenvalue weighted by Crippen LogP contribution is -2.60. The second kappa shape index (κ2) is 3.94. The molecule has 0 fully saturated rings. The van der Waals surface area contributed by atoms with Crippen LogP contribution in [-0.4, -0.2) is 35.4 Å². The molecule has 1 atom stereocenters. The lowest BCUT2D eigenvalue weighted by atomic mass is 9.85. The highest BCUT2D eigenvalue weighted by Crippen LogP contribution is 2.41. The maximum Gasteiger partial charge on any atom is 0.272 e. The first-order chi connectivity index (χ1) is 6.69. The van der Waals surface area contributed by atoms with E-state index < -0.39 is 35.6 Å². The molecule has 0 aliphatic heterocycles. The molecule has 16 heavy (non-hydrogen) atoms. The van der Waals surface area contributed by atoms with Gasteiger partial charge < -0.3 is 0 Å². The molecule has 0 amide bonds. The summed E-state index contributed by atoms with van der Waals surface area (Å²) in [7, 11) is -9.27. The summed E-state index contributed by atoms with van der Waals surface area (Å²) in [6.07, 6.45) is 0. The van der Waals surface area contributed by atoms with E-state index in [2.05, 4.69) is 0 Å². The van der Waals surface area contributed by atoms with E-state index in [9.17, 15) is 21.4 Å². The van der Waals surface area contributed by atoms with Gasteiger partial charge in [-0.1, -0.05) is 13.8 Å². The zero-order valence-electron chi connectivity index (χ0n) is 9.92. The molecule has 1 unspecified atom stereocenters. The first-order valence-corrected chi connectivity index (χ1v) is 7.51. The van der Waals surface area contributed by atoms with Crippen LogP contribution in [0.25, 0.3) is 0 Å². The summed E-state index contributed by atoms with van der Waals surface area (Å²) < 4.78 is 59.5. The first kappa shape index (κ1) is 15.8. The molecule has 0 aromatic heterocycles. The van der Waals surface area contributed by atoms with Crippen LogP contribution < -0.4 is 0 Å². The van der Waals surface area contributed by atoms with Crippen LogP contribution in [0.1, 0.15) is 34.6 Å². The van der Waals surface area contributed by atoms with Crippen LogP contribution in [0, 0.1) is 5.92 Å². The third-order valence-corrected chi connectivity index (χ3v) is 7.37. The van der Waals surface area contributed by atoms with Gasteiger partial charge in [-0.15, -0.1) is 0 Å². The van der Waals surface area contributed by atoms with Crippen LogP contribution in [-0.2, 0) is 20.2 Å². The average molecular weight is 274 g/mol. The standard InChI is InChI=1S/C8H18O6S2/c1-6(2)8(5,16(12,13)14)7(3,4)15(9,10)11/h6H,1-5H3,(H,9,10,11)(H,12,13,14). The highest BCUT2D eigenvalue weighted by atomic mass is 32.2. The zero-order valence-corrected chi connectivity index (χ0v) is 11.6. The quantitative estimate of drug-likeness (QED) is 0.739. The Balaban J connectivity index is 6.18. The summed E-state index contributed by atoms with van der Waals surface area (Å²) in [5.41, 5.74) is 0. The monoisotopic (exact) mass is 274 g/mol. The third kappa shape index (κ3) is 2.11. The third-order valence-electron chi connectivity index (χ3n) is 3.48. The lowest BCUT2D eigenvalue weighted by Gasteiger charge is -2.41. The molecule has 0 rings (SSSR count). The van der Waals surface area contributed by atoms with Crippen LogP contribution in [0.5, 0.6) is 0 Å². The van der Waals surface area contributed by atoms with Gasteiger partial charge in [-0.3, -0.25) is 9.11 Å². The Labute approximate surface area is 96.6 Å². The van der Waals surface area contributed by atoms with Gasteiger partial charge in [0, 0.05) is 0 Å². The summed E-state index contributed by atoms with van der Waals surface area (Å²) in [4.78, 5) is 0. The van der Waals surface area contributed by atoms with Crippen molar-refractivity contribution in [1.82, 2.24) is 0 Å². The summed E-state index contributed by atoms with van der Waals surface area (Å²) in [6, 6.07) is 0. The Bertz CT molecular complexity index is 459. The fraction of sp³-hybridized carbons (Fsp3) is 1.00. The maximum atomic E-state index is 11.4. The minimum absolute atomic E-state index is 0.695. The van der Waals surface area contributed by atoms with E-state index in [1.165, 1.54) is 13.8 Å². The van der Waals surface area contributed by atoms with Gasteiger partial charge in [0.2, 0.25) is 0 Å². The molecule has 0 saturated carbocycles. The van der Waals surface area contributed by atoms with Crippen molar-refractivity contribution >= 4 is 20.2 Å². The van der Waals surface area contributed by atoms with E-state index in [0.717, 1.165) is 20.8 Å². The Kier molecular flexibility index (Phi) is 3.89. The second-order valence-electron chi connectivity index (χ2n) is 4.72. The fourth-order valence-electron chi connectivity index (χ4n) is 1.56. The molecular formula is C8H18O6S2. The molecule has 0 aliphatic rings. The summed E-state index contributed by atoms with van der Waals surface area (Å²) in [5, 5.41) is 0. The van der Waals surface area contributed by atoms with Gasteiger partial charge in [-0.2, -0.15) is 16.8 Å². The first-order valence-electron chi connectivity index (χ1n) is 4.63. The van der Waals surface area contributed by atoms with E-state index in [4.69, 9.17) is 4.55 Å².